The van der Waals surface area contributed by atoms with E-state index in [-0.39, 0.29) is 0 Å². The molecule has 0 bridgehead atoms. The molecule has 0 aromatic carbocycles. The van der Waals surface area contributed by atoms with E-state index in [9.17, 15) is 0 Å². The minimum atomic E-state index is 0.619. The van der Waals surface area contributed by atoms with Crippen LogP contribution in [0.5, 0.6) is 0 Å². The van der Waals surface area contributed by atoms with Crippen LogP contribution in [0.3, 0.4) is 0 Å². The second-order valence-electron chi connectivity index (χ2n) is 2.85. The fraction of sp³-hybridized carbons (Fsp3) is 0.444. The highest BCUT2D eigenvalue weighted by Gasteiger charge is 2.06. The monoisotopic (exact) mass is 369 g/mol. The van der Waals surface area contributed by atoms with Gasteiger partial charge in [-0.15, -0.1) is 0 Å². The van der Waals surface area contributed by atoms with E-state index in [1.165, 1.54) is 0 Å². The minimum Gasteiger partial charge on any atom is -0.260 e. The van der Waals surface area contributed by atoms with Gasteiger partial charge in [-0.05, 0) is 40.4 Å². The van der Waals surface area contributed by atoms with Crippen LogP contribution in [0, 0.1) is 5.92 Å². The summed E-state index contributed by atoms with van der Waals surface area (Å²) in [6.45, 7) is 0. The van der Waals surface area contributed by atoms with Crippen LogP contribution in [-0.2, 0) is 6.42 Å². The SMILES string of the molecule is BrCC(CBr)Cc1ccc(Br)cn1. The topological polar surface area (TPSA) is 12.9 Å². The summed E-state index contributed by atoms with van der Waals surface area (Å²) in [5.41, 5.74) is 1.15. The maximum atomic E-state index is 4.33. The van der Waals surface area contributed by atoms with E-state index >= 15 is 0 Å². The zero-order valence-corrected chi connectivity index (χ0v) is 11.8. The number of nitrogens with zero attached hydrogens (tertiary/aromatic N) is 1. The molecule has 0 spiro atoms. The summed E-state index contributed by atoms with van der Waals surface area (Å²) < 4.78 is 1.03. The van der Waals surface area contributed by atoms with Gasteiger partial charge in [0, 0.05) is 27.0 Å². The predicted octanol–water partition coefficient (Wildman–Crippen LogP) is 3.79. The zero-order chi connectivity index (χ0) is 9.68. The van der Waals surface area contributed by atoms with Gasteiger partial charge in [-0.25, -0.2) is 0 Å². The van der Waals surface area contributed by atoms with Crippen LogP contribution in [0.1, 0.15) is 5.69 Å². The molecule has 0 aliphatic rings. The summed E-state index contributed by atoms with van der Waals surface area (Å²) in [6.07, 6.45) is 2.86. The van der Waals surface area contributed by atoms with Crippen LogP contribution >= 0.6 is 47.8 Å². The van der Waals surface area contributed by atoms with Crippen molar-refractivity contribution < 1.29 is 0 Å². The summed E-state index contributed by atoms with van der Waals surface area (Å²) >= 11 is 10.3. The molecule has 0 radical (unpaired) electrons. The second-order valence-corrected chi connectivity index (χ2v) is 5.06. The maximum Gasteiger partial charge on any atom is 0.0413 e. The van der Waals surface area contributed by atoms with Crippen molar-refractivity contribution in [2.45, 2.75) is 6.42 Å². The first-order valence-electron chi connectivity index (χ1n) is 3.98. The first kappa shape index (κ1) is 11.7. The molecule has 1 aromatic heterocycles. The normalized spacial score (nSPS) is 10.8. The third kappa shape index (κ3) is 4.09. The summed E-state index contributed by atoms with van der Waals surface area (Å²) in [7, 11) is 0. The fourth-order valence-electron chi connectivity index (χ4n) is 0.973. The van der Waals surface area contributed by atoms with Gasteiger partial charge in [0.05, 0.1) is 0 Å². The number of pyridine rings is 1. The molecule has 1 nitrogen and oxygen atoms in total. The van der Waals surface area contributed by atoms with Crippen molar-refractivity contribution >= 4 is 47.8 Å². The Morgan fingerprint density at radius 1 is 1.23 bits per heavy atom. The molecular weight excluding hydrogens is 362 g/mol. The molecule has 1 aromatic rings. The molecule has 13 heavy (non-hydrogen) atoms. The van der Waals surface area contributed by atoms with Gasteiger partial charge < -0.3 is 0 Å². The van der Waals surface area contributed by atoms with Crippen LogP contribution in [0.2, 0.25) is 0 Å². The third-order valence-corrected chi connectivity index (χ3v) is 4.02. The molecular formula is C9H10Br3N. The average molecular weight is 372 g/mol. The van der Waals surface area contributed by atoms with E-state index < -0.39 is 0 Å². The van der Waals surface area contributed by atoms with Gasteiger partial charge in [0.2, 0.25) is 0 Å². The van der Waals surface area contributed by atoms with Crippen LogP contribution in [0.25, 0.3) is 0 Å². The minimum absolute atomic E-state index is 0.619. The molecule has 0 aliphatic heterocycles. The molecule has 0 atom stereocenters. The maximum absolute atomic E-state index is 4.33. The van der Waals surface area contributed by atoms with Crippen LogP contribution in [0.4, 0.5) is 0 Å². The van der Waals surface area contributed by atoms with Gasteiger partial charge in [-0.1, -0.05) is 31.9 Å². The van der Waals surface area contributed by atoms with E-state index in [2.05, 4.69) is 58.8 Å². The lowest BCUT2D eigenvalue weighted by atomic mass is 10.1. The Morgan fingerprint density at radius 2 is 1.92 bits per heavy atom. The second kappa shape index (κ2) is 6.14. The summed E-state index contributed by atoms with van der Waals surface area (Å²) in [5.74, 6) is 0.619. The Labute approximate surface area is 104 Å². The molecule has 72 valence electrons. The lowest BCUT2D eigenvalue weighted by molar-refractivity contribution is 0.665. The Hall–Kier alpha value is 0.590. The van der Waals surface area contributed by atoms with Gasteiger partial charge in [-0.3, -0.25) is 4.98 Å². The van der Waals surface area contributed by atoms with E-state index in [1.54, 1.807) is 0 Å². The number of hydrogen-bond donors (Lipinski definition) is 0. The molecule has 1 rings (SSSR count). The van der Waals surface area contributed by atoms with Crippen molar-refractivity contribution in [1.82, 2.24) is 4.98 Å². The van der Waals surface area contributed by atoms with Crippen molar-refractivity contribution in [3.63, 3.8) is 0 Å². The number of alkyl halides is 2. The Bertz CT molecular complexity index is 244. The summed E-state index contributed by atoms with van der Waals surface area (Å²) in [6, 6.07) is 4.09. The highest BCUT2D eigenvalue weighted by Crippen LogP contribution is 2.14. The predicted molar refractivity (Wildman–Crippen MR) is 66.7 cm³/mol. The first-order chi connectivity index (χ1) is 6.26. The van der Waals surface area contributed by atoms with Crippen molar-refractivity contribution in [3.05, 3.63) is 28.5 Å². The van der Waals surface area contributed by atoms with E-state index in [0.29, 0.717) is 5.92 Å². The van der Waals surface area contributed by atoms with Gasteiger partial charge in [0.1, 0.15) is 0 Å². The van der Waals surface area contributed by atoms with Gasteiger partial charge in [0.25, 0.3) is 0 Å². The molecule has 0 fully saturated rings. The van der Waals surface area contributed by atoms with Crippen LogP contribution in [-0.4, -0.2) is 15.6 Å². The smallest absolute Gasteiger partial charge is 0.0413 e. The third-order valence-electron chi connectivity index (χ3n) is 1.72. The Morgan fingerprint density at radius 3 is 2.38 bits per heavy atom. The number of halogens is 3. The van der Waals surface area contributed by atoms with Crippen molar-refractivity contribution in [3.8, 4) is 0 Å². The lowest BCUT2D eigenvalue weighted by Gasteiger charge is -2.08. The summed E-state index contributed by atoms with van der Waals surface area (Å²) in [4.78, 5) is 4.33. The number of aromatic nitrogens is 1. The highest BCUT2D eigenvalue weighted by molar-refractivity contribution is 9.10. The molecule has 0 amide bonds. The molecule has 0 N–H and O–H groups in total. The van der Waals surface area contributed by atoms with Crippen LogP contribution < -0.4 is 0 Å². The standard InChI is InChI=1S/C9H10Br3N/c10-4-7(5-11)3-9-2-1-8(12)6-13-9/h1-2,6-7H,3-5H2. The van der Waals surface area contributed by atoms with Crippen molar-refractivity contribution in [2.75, 3.05) is 10.7 Å². The van der Waals surface area contributed by atoms with Gasteiger partial charge >= 0.3 is 0 Å². The van der Waals surface area contributed by atoms with Gasteiger partial charge in [0.15, 0.2) is 0 Å². The molecule has 0 unspecified atom stereocenters. The average Bonchev–Trinajstić information content (AvgIpc) is 2.17. The van der Waals surface area contributed by atoms with Gasteiger partial charge in [-0.2, -0.15) is 0 Å². The zero-order valence-electron chi connectivity index (χ0n) is 7.01. The Kier molecular flexibility index (Phi) is 5.51. The molecule has 1 heterocycles. The van der Waals surface area contributed by atoms with E-state index in [1.807, 2.05) is 12.3 Å². The van der Waals surface area contributed by atoms with Crippen LogP contribution in [0.15, 0.2) is 22.8 Å². The first-order valence-corrected chi connectivity index (χ1v) is 7.02. The number of rotatable bonds is 4. The lowest BCUT2D eigenvalue weighted by Crippen LogP contribution is -2.08. The summed E-state index contributed by atoms with van der Waals surface area (Å²) in [5, 5.41) is 2.02. The molecule has 4 heteroatoms. The van der Waals surface area contributed by atoms with Crippen molar-refractivity contribution in [1.29, 1.82) is 0 Å². The van der Waals surface area contributed by atoms with Crippen molar-refractivity contribution in [2.24, 2.45) is 5.92 Å². The molecule has 0 saturated carbocycles. The fourth-order valence-corrected chi connectivity index (χ4v) is 2.74. The molecule has 0 aliphatic carbocycles. The molecule has 0 saturated heterocycles. The quantitative estimate of drug-likeness (QED) is 0.734. The van der Waals surface area contributed by atoms with E-state index in [0.717, 1.165) is 27.2 Å². The van der Waals surface area contributed by atoms with E-state index in [4.69, 9.17) is 0 Å². The largest absolute Gasteiger partial charge is 0.260 e. The number of hydrogen-bond acceptors (Lipinski definition) is 1. The highest BCUT2D eigenvalue weighted by atomic mass is 79.9. The Balaban J connectivity index is 2.58.